The van der Waals surface area contributed by atoms with Gasteiger partial charge in [-0.15, -0.1) is 11.3 Å². The van der Waals surface area contributed by atoms with Crippen molar-refractivity contribution in [3.05, 3.63) is 46.3 Å². The van der Waals surface area contributed by atoms with Gasteiger partial charge in [0.1, 0.15) is 5.00 Å². The third-order valence-electron chi connectivity index (χ3n) is 4.44. The molecule has 1 saturated carbocycles. The van der Waals surface area contributed by atoms with Crippen molar-refractivity contribution in [2.24, 2.45) is 0 Å². The molecule has 1 aliphatic rings. The lowest BCUT2D eigenvalue weighted by atomic mass is 10.1. The highest BCUT2D eigenvalue weighted by Crippen LogP contribution is 2.46. The molecule has 0 bridgehead atoms. The minimum Gasteiger partial charge on any atom is -0.465 e. The van der Waals surface area contributed by atoms with E-state index in [0.29, 0.717) is 21.0 Å². The minimum absolute atomic E-state index is 0.0810. The van der Waals surface area contributed by atoms with Gasteiger partial charge in [0, 0.05) is 12.6 Å². The minimum atomic E-state index is -3.88. The zero-order valence-electron chi connectivity index (χ0n) is 15.6. The second-order valence-corrected chi connectivity index (χ2v) is 9.06. The maximum absolute atomic E-state index is 12.7. The van der Waals surface area contributed by atoms with Crippen LogP contribution < -0.4 is 5.32 Å². The van der Waals surface area contributed by atoms with Gasteiger partial charge in [-0.1, -0.05) is 10.5 Å². The second-order valence-electron chi connectivity index (χ2n) is 6.24. The molecule has 1 aromatic carbocycles. The molecule has 1 heterocycles. The van der Waals surface area contributed by atoms with Crippen LogP contribution in [0.25, 0.3) is 0 Å². The predicted octanol–water partition coefficient (Wildman–Crippen LogP) is 2.85. The zero-order chi connectivity index (χ0) is 20.5. The molecule has 0 radical (unpaired) electrons. The number of hydrogen-bond acceptors (Lipinski definition) is 7. The van der Waals surface area contributed by atoms with Crippen molar-refractivity contribution in [2.75, 3.05) is 26.6 Å². The van der Waals surface area contributed by atoms with Gasteiger partial charge in [0.2, 0.25) is 0 Å². The number of nitrogens with one attached hydrogen (secondary N) is 1. The van der Waals surface area contributed by atoms with Gasteiger partial charge in [-0.05, 0) is 47.9 Å². The van der Waals surface area contributed by atoms with E-state index in [-0.39, 0.29) is 10.5 Å². The largest absolute Gasteiger partial charge is 0.465 e. The van der Waals surface area contributed by atoms with E-state index in [9.17, 15) is 18.0 Å². The lowest BCUT2D eigenvalue weighted by Gasteiger charge is -2.14. The summed E-state index contributed by atoms with van der Waals surface area (Å²) in [6.45, 7) is 0. The fourth-order valence-electron chi connectivity index (χ4n) is 2.69. The number of methoxy groups -OCH3 is 1. The first-order chi connectivity index (χ1) is 13.3. The van der Waals surface area contributed by atoms with E-state index in [2.05, 4.69) is 5.32 Å². The third kappa shape index (κ3) is 3.95. The van der Waals surface area contributed by atoms with E-state index in [1.54, 1.807) is 0 Å². The molecule has 1 fully saturated rings. The number of hydrogen-bond donors (Lipinski definition) is 1. The Morgan fingerprint density at radius 2 is 1.96 bits per heavy atom. The van der Waals surface area contributed by atoms with E-state index in [1.165, 1.54) is 56.9 Å². The van der Waals surface area contributed by atoms with Gasteiger partial charge in [-0.25, -0.2) is 13.2 Å². The van der Waals surface area contributed by atoms with E-state index in [1.807, 2.05) is 5.38 Å². The van der Waals surface area contributed by atoms with Gasteiger partial charge in [-0.3, -0.25) is 9.63 Å². The highest BCUT2D eigenvalue weighted by Gasteiger charge is 2.32. The number of sulfonamides is 1. The summed E-state index contributed by atoms with van der Waals surface area (Å²) in [5.74, 6) is -0.711. The molecular weight excluding hydrogens is 404 g/mol. The Balaban J connectivity index is 1.89. The van der Waals surface area contributed by atoms with Crippen LogP contribution in [-0.2, 0) is 19.6 Å². The fraction of sp³-hybridized carbons (Fsp3) is 0.333. The Morgan fingerprint density at radius 3 is 2.57 bits per heavy atom. The SMILES string of the molecule is COC(=O)c1c(C2CC2)csc1NC(=O)c1cccc(S(=O)(=O)N(C)OC)c1. The smallest absolute Gasteiger partial charge is 0.341 e. The summed E-state index contributed by atoms with van der Waals surface area (Å²) >= 11 is 1.25. The van der Waals surface area contributed by atoms with E-state index >= 15 is 0 Å². The average Bonchev–Trinajstić information content (AvgIpc) is 3.47. The van der Waals surface area contributed by atoms with Crippen molar-refractivity contribution in [2.45, 2.75) is 23.7 Å². The fourth-order valence-corrected chi connectivity index (χ4v) is 4.74. The monoisotopic (exact) mass is 424 g/mol. The van der Waals surface area contributed by atoms with Crippen molar-refractivity contribution in [3.8, 4) is 0 Å². The molecule has 8 nitrogen and oxygen atoms in total. The molecule has 0 saturated heterocycles. The van der Waals surface area contributed by atoms with Crippen LogP contribution in [-0.4, -0.2) is 46.0 Å². The number of amides is 1. The lowest BCUT2D eigenvalue weighted by molar-refractivity contribution is -0.0258. The number of thiophene rings is 1. The molecular formula is C18H20N2O6S2. The van der Waals surface area contributed by atoms with Gasteiger partial charge in [0.25, 0.3) is 15.9 Å². The molecule has 28 heavy (non-hydrogen) atoms. The Bertz CT molecular complexity index is 1010. The molecule has 2 aromatic rings. The quantitative estimate of drug-likeness (QED) is 0.542. The lowest BCUT2D eigenvalue weighted by Crippen LogP contribution is -2.26. The van der Waals surface area contributed by atoms with Crippen molar-refractivity contribution in [1.82, 2.24) is 4.47 Å². The summed E-state index contributed by atoms with van der Waals surface area (Å²) in [7, 11) is -0.0957. The Morgan fingerprint density at radius 1 is 1.25 bits per heavy atom. The number of carbonyl (C=O) groups excluding carboxylic acids is 2. The molecule has 1 aliphatic carbocycles. The summed E-state index contributed by atoms with van der Waals surface area (Å²) in [6, 6.07) is 5.59. The van der Waals surface area contributed by atoms with Crippen molar-refractivity contribution < 1.29 is 27.6 Å². The molecule has 0 aliphatic heterocycles. The van der Waals surface area contributed by atoms with Crippen LogP contribution in [0.3, 0.4) is 0 Å². The van der Waals surface area contributed by atoms with E-state index < -0.39 is 21.9 Å². The van der Waals surface area contributed by atoms with Gasteiger partial charge >= 0.3 is 5.97 Å². The molecule has 1 N–H and O–H groups in total. The number of rotatable bonds is 7. The molecule has 1 aromatic heterocycles. The van der Waals surface area contributed by atoms with Crippen LogP contribution in [0.2, 0.25) is 0 Å². The van der Waals surface area contributed by atoms with Crippen LogP contribution in [0.5, 0.6) is 0 Å². The first-order valence-corrected chi connectivity index (χ1v) is 10.8. The van der Waals surface area contributed by atoms with Crippen LogP contribution in [0.1, 0.15) is 45.0 Å². The molecule has 0 spiro atoms. The maximum Gasteiger partial charge on any atom is 0.341 e. The summed E-state index contributed by atoms with van der Waals surface area (Å²) in [5, 5.41) is 4.95. The average molecular weight is 425 g/mol. The van der Waals surface area contributed by atoms with Crippen LogP contribution in [0.15, 0.2) is 34.5 Å². The molecule has 150 valence electrons. The summed E-state index contributed by atoms with van der Waals surface area (Å²) in [4.78, 5) is 29.6. The van der Waals surface area contributed by atoms with E-state index in [4.69, 9.17) is 9.57 Å². The summed E-state index contributed by atoms with van der Waals surface area (Å²) in [5.41, 5.74) is 1.39. The van der Waals surface area contributed by atoms with Crippen LogP contribution >= 0.6 is 11.3 Å². The summed E-state index contributed by atoms with van der Waals surface area (Å²) in [6.07, 6.45) is 2.00. The molecule has 3 rings (SSSR count). The van der Waals surface area contributed by atoms with Crippen molar-refractivity contribution in [1.29, 1.82) is 0 Å². The summed E-state index contributed by atoms with van der Waals surface area (Å²) < 4.78 is 30.3. The van der Waals surface area contributed by atoms with Gasteiger partial charge < -0.3 is 10.1 Å². The Hall–Kier alpha value is -2.27. The number of benzene rings is 1. The maximum atomic E-state index is 12.7. The van der Waals surface area contributed by atoms with E-state index in [0.717, 1.165) is 18.4 Å². The molecule has 0 unspecified atom stereocenters. The molecule has 0 atom stereocenters. The topological polar surface area (TPSA) is 102 Å². The van der Waals surface area contributed by atoms with Gasteiger partial charge in [-0.2, -0.15) is 0 Å². The normalized spacial score (nSPS) is 14.1. The molecule has 1 amide bonds. The number of carbonyl (C=O) groups is 2. The zero-order valence-corrected chi connectivity index (χ0v) is 17.2. The number of hydroxylamine groups is 1. The number of esters is 1. The predicted molar refractivity (Wildman–Crippen MR) is 104 cm³/mol. The number of nitrogens with zero attached hydrogens (tertiary/aromatic N) is 1. The number of ether oxygens (including phenoxy) is 1. The van der Waals surface area contributed by atoms with Crippen molar-refractivity contribution >= 4 is 38.2 Å². The Kier molecular flexibility index (Phi) is 5.84. The molecule has 10 heteroatoms. The first-order valence-electron chi connectivity index (χ1n) is 8.43. The highest BCUT2D eigenvalue weighted by atomic mass is 32.2. The highest BCUT2D eigenvalue weighted by molar-refractivity contribution is 7.89. The second kappa shape index (κ2) is 8.00. The van der Waals surface area contributed by atoms with Crippen molar-refractivity contribution in [3.63, 3.8) is 0 Å². The van der Waals surface area contributed by atoms with Crippen LogP contribution in [0.4, 0.5) is 5.00 Å². The number of anilines is 1. The van der Waals surface area contributed by atoms with Crippen LogP contribution in [0, 0.1) is 0 Å². The standard InChI is InChI=1S/C18H20N2O6S2/c1-20(26-3)28(23,24)13-6-4-5-12(9-13)16(21)19-17-15(18(22)25-2)14(10-27-17)11-7-8-11/h4-6,9-11H,7-8H2,1-3H3,(H,19,21). The van der Waals surface area contributed by atoms with Gasteiger partial charge in [0.05, 0.1) is 24.7 Å². The Labute approximate surface area is 167 Å². The first kappa shape index (κ1) is 20.5. The van der Waals surface area contributed by atoms with Gasteiger partial charge in [0.15, 0.2) is 0 Å². The third-order valence-corrected chi connectivity index (χ3v) is 7.03.